The first-order chi connectivity index (χ1) is 12.9. The Hall–Kier alpha value is -2.96. The van der Waals surface area contributed by atoms with Crippen LogP contribution in [0.25, 0.3) is 6.08 Å². The monoisotopic (exact) mass is 385 g/mol. The van der Waals surface area contributed by atoms with Crippen molar-refractivity contribution >= 4 is 27.8 Å². The van der Waals surface area contributed by atoms with E-state index in [4.69, 9.17) is 11.0 Å². The van der Waals surface area contributed by atoms with E-state index in [0.29, 0.717) is 12.8 Å². The second kappa shape index (κ2) is 7.73. The van der Waals surface area contributed by atoms with Gasteiger partial charge in [-0.3, -0.25) is 4.79 Å². The zero-order chi connectivity index (χ0) is 19.4. The van der Waals surface area contributed by atoms with E-state index >= 15 is 0 Å². The minimum atomic E-state index is -3.55. The highest BCUT2D eigenvalue weighted by Gasteiger charge is 2.31. The van der Waals surface area contributed by atoms with E-state index in [1.807, 2.05) is 36.4 Å². The Bertz CT molecular complexity index is 997. The molecule has 8 nitrogen and oxygen atoms in total. The highest BCUT2D eigenvalue weighted by molar-refractivity contribution is 7.92. The summed E-state index contributed by atoms with van der Waals surface area (Å²) >= 11 is 0. The Morgan fingerprint density at radius 1 is 1.26 bits per heavy atom. The fourth-order valence-corrected chi connectivity index (χ4v) is 4.19. The molecule has 0 amide bonds. The lowest BCUT2D eigenvalue weighted by Gasteiger charge is -2.29. The van der Waals surface area contributed by atoms with Crippen molar-refractivity contribution in [1.82, 2.24) is 14.1 Å². The van der Waals surface area contributed by atoms with Crippen LogP contribution in [0.5, 0.6) is 0 Å². The van der Waals surface area contributed by atoms with E-state index in [0.717, 1.165) is 10.2 Å². The van der Waals surface area contributed by atoms with E-state index in [-0.39, 0.29) is 36.3 Å². The summed E-state index contributed by atoms with van der Waals surface area (Å²) in [4.78, 5) is 12.5. The molecule has 3 rings (SSSR count). The molecular weight excluding hydrogens is 366 g/mol. The molecule has 0 spiro atoms. The third-order valence-corrected chi connectivity index (χ3v) is 6.10. The fraction of sp³-hybridized carbons (Fsp3) is 0.278. The van der Waals surface area contributed by atoms with Crippen molar-refractivity contribution in [2.45, 2.75) is 12.8 Å². The van der Waals surface area contributed by atoms with E-state index in [9.17, 15) is 13.2 Å². The number of rotatable bonds is 4. The van der Waals surface area contributed by atoms with Crippen LogP contribution >= 0.6 is 0 Å². The van der Waals surface area contributed by atoms with Gasteiger partial charge in [-0.25, -0.2) is 8.42 Å². The van der Waals surface area contributed by atoms with Crippen molar-refractivity contribution in [1.29, 1.82) is 5.26 Å². The standard InChI is InChI=1S/C18H19N5O3S/c19-12-16-13-21-23(17(16)20)18(24)15-6-9-22(10-7-15)27(25,26)11-8-14-4-2-1-3-5-14/h1-5,8,11,13,15H,6-7,9-10,20H2/b11-8+. The lowest BCUT2D eigenvalue weighted by molar-refractivity contribution is 0.0773. The average molecular weight is 385 g/mol. The Morgan fingerprint density at radius 3 is 2.52 bits per heavy atom. The molecular formula is C18H19N5O3S. The third kappa shape index (κ3) is 4.07. The second-order valence-electron chi connectivity index (χ2n) is 6.24. The number of carbonyl (C=O) groups excluding carboxylic acids is 1. The Balaban J connectivity index is 1.64. The lowest BCUT2D eigenvalue weighted by Crippen LogP contribution is -2.40. The summed E-state index contributed by atoms with van der Waals surface area (Å²) < 4.78 is 27.4. The highest BCUT2D eigenvalue weighted by atomic mass is 32.2. The first-order valence-electron chi connectivity index (χ1n) is 8.43. The van der Waals surface area contributed by atoms with Crippen LogP contribution in [0.1, 0.15) is 28.8 Å². The molecule has 1 aliphatic rings. The van der Waals surface area contributed by atoms with Crippen molar-refractivity contribution in [3.63, 3.8) is 0 Å². The smallest absolute Gasteiger partial charge is 0.251 e. The van der Waals surface area contributed by atoms with Crippen LogP contribution < -0.4 is 5.73 Å². The highest BCUT2D eigenvalue weighted by Crippen LogP contribution is 2.23. The number of hydrogen-bond donors (Lipinski definition) is 1. The topological polar surface area (TPSA) is 122 Å². The molecule has 2 N–H and O–H groups in total. The minimum Gasteiger partial charge on any atom is -0.382 e. The SMILES string of the molecule is N#Cc1cnn(C(=O)C2CCN(S(=O)(=O)/C=C/c3ccccc3)CC2)c1N. The van der Waals surface area contributed by atoms with Crippen molar-refractivity contribution in [3.05, 3.63) is 53.1 Å². The number of piperidine rings is 1. The predicted molar refractivity (Wildman–Crippen MR) is 101 cm³/mol. The number of carbonyl (C=O) groups is 1. The predicted octanol–water partition coefficient (Wildman–Crippen LogP) is 1.69. The fourth-order valence-electron chi connectivity index (χ4n) is 2.96. The number of nitrogens with zero attached hydrogens (tertiary/aromatic N) is 4. The summed E-state index contributed by atoms with van der Waals surface area (Å²) in [5, 5.41) is 14.0. The van der Waals surface area contributed by atoms with Gasteiger partial charge in [0.05, 0.1) is 6.20 Å². The molecule has 2 heterocycles. The molecule has 27 heavy (non-hydrogen) atoms. The van der Waals surface area contributed by atoms with E-state index in [2.05, 4.69) is 5.10 Å². The maximum absolute atomic E-state index is 12.5. The van der Waals surface area contributed by atoms with Gasteiger partial charge in [-0.05, 0) is 24.5 Å². The van der Waals surface area contributed by atoms with Crippen molar-refractivity contribution in [3.8, 4) is 6.07 Å². The summed E-state index contributed by atoms with van der Waals surface area (Å²) in [7, 11) is -3.55. The van der Waals surface area contributed by atoms with E-state index in [1.54, 1.807) is 6.08 Å². The summed E-state index contributed by atoms with van der Waals surface area (Å²) in [5.41, 5.74) is 6.70. The normalized spacial score (nSPS) is 16.4. The molecule has 1 aromatic carbocycles. The van der Waals surface area contributed by atoms with Crippen LogP contribution in [-0.2, 0) is 10.0 Å². The van der Waals surface area contributed by atoms with Gasteiger partial charge in [-0.15, -0.1) is 0 Å². The van der Waals surface area contributed by atoms with E-state index < -0.39 is 10.0 Å². The average Bonchev–Trinajstić information content (AvgIpc) is 3.07. The number of anilines is 1. The molecule has 0 unspecified atom stereocenters. The quantitative estimate of drug-likeness (QED) is 0.854. The number of benzene rings is 1. The molecule has 2 aromatic rings. The first kappa shape index (κ1) is 18.8. The molecule has 1 aliphatic heterocycles. The molecule has 9 heteroatoms. The van der Waals surface area contributed by atoms with Crippen molar-refractivity contribution in [2.75, 3.05) is 18.8 Å². The lowest BCUT2D eigenvalue weighted by atomic mass is 9.97. The van der Waals surface area contributed by atoms with Gasteiger partial charge in [0.2, 0.25) is 10.0 Å². The Labute approximate surface area is 157 Å². The number of aromatic nitrogens is 2. The van der Waals surface area contributed by atoms with Gasteiger partial charge >= 0.3 is 0 Å². The van der Waals surface area contributed by atoms with Gasteiger partial charge < -0.3 is 5.73 Å². The summed E-state index contributed by atoms with van der Waals surface area (Å²) in [6, 6.07) is 11.0. The molecule has 1 fully saturated rings. The largest absolute Gasteiger partial charge is 0.382 e. The molecule has 0 aliphatic carbocycles. The maximum atomic E-state index is 12.5. The molecule has 0 bridgehead atoms. The van der Waals surface area contributed by atoms with Gasteiger partial charge in [0.1, 0.15) is 17.5 Å². The van der Waals surface area contributed by atoms with Crippen LogP contribution in [0.15, 0.2) is 41.9 Å². The van der Waals surface area contributed by atoms with Crippen LogP contribution in [0.4, 0.5) is 5.82 Å². The molecule has 0 radical (unpaired) electrons. The van der Waals surface area contributed by atoms with Gasteiger partial charge in [0, 0.05) is 24.4 Å². The molecule has 0 saturated carbocycles. The van der Waals surface area contributed by atoms with Crippen molar-refractivity contribution in [2.24, 2.45) is 5.92 Å². The number of sulfonamides is 1. The number of nitrogens with two attached hydrogens (primary N) is 1. The first-order valence-corrected chi connectivity index (χ1v) is 9.94. The minimum absolute atomic E-state index is 0.0170. The zero-order valence-corrected chi connectivity index (χ0v) is 15.3. The summed E-state index contributed by atoms with van der Waals surface area (Å²) in [6.45, 7) is 0.480. The van der Waals surface area contributed by atoms with Gasteiger partial charge in [0.15, 0.2) is 0 Å². The molecule has 1 aromatic heterocycles. The van der Waals surface area contributed by atoms with Crippen LogP contribution in [0, 0.1) is 17.2 Å². The zero-order valence-electron chi connectivity index (χ0n) is 14.5. The number of hydrogen-bond acceptors (Lipinski definition) is 6. The van der Waals surface area contributed by atoms with Crippen LogP contribution in [-0.4, -0.2) is 41.5 Å². The molecule has 1 saturated heterocycles. The van der Waals surface area contributed by atoms with Gasteiger partial charge in [-0.2, -0.15) is 19.3 Å². The second-order valence-corrected chi connectivity index (χ2v) is 8.06. The summed E-state index contributed by atoms with van der Waals surface area (Å²) in [6.07, 6.45) is 3.55. The third-order valence-electron chi connectivity index (χ3n) is 4.53. The Kier molecular flexibility index (Phi) is 5.39. The van der Waals surface area contributed by atoms with Crippen LogP contribution in [0.2, 0.25) is 0 Å². The van der Waals surface area contributed by atoms with Gasteiger partial charge in [-0.1, -0.05) is 30.3 Å². The number of nitrogen functional groups attached to an aromatic ring is 1. The number of nitriles is 1. The maximum Gasteiger partial charge on any atom is 0.251 e. The Morgan fingerprint density at radius 2 is 1.93 bits per heavy atom. The van der Waals surface area contributed by atoms with Gasteiger partial charge in [0.25, 0.3) is 5.91 Å². The van der Waals surface area contributed by atoms with Crippen LogP contribution in [0.3, 0.4) is 0 Å². The molecule has 0 atom stereocenters. The van der Waals surface area contributed by atoms with E-state index in [1.165, 1.54) is 15.9 Å². The summed E-state index contributed by atoms with van der Waals surface area (Å²) in [5.74, 6) is -0.683. The molecule has 140 valence electrons. The van der Waals surface area contributed by atoms with Crippen molar-refractivity contribution < 1.29 is 13.2 Å².